The van der Waals surface area contributed by atoms with E-state index < -0.39 is 0 Å². The van der Waals surface area contributed by atoms with Crippen molar-refractivity contribution < 1.29 is 14.3 Å². The van der Waals surface area contributed by atoms with Crippen molar-refractivity contribution in [3.05, 3.63) is 82.9 Å². The van der Waals surface area contributed by atoms with E-state index in [1.165, 1.54) is 5.56 Å². The summed E-state index contributed by atoms with van der Waals surface area (Å²) in [5.41, 5.74) is 4.34. The van der Waals surface area contributed by atoms with Crippen molar-refractivity contribution in [3.63, 3.8) is 0 Å². The van der Waals surface area contributed by atoms with E-state index in [0.717, 1.165) is 18.4 Å². The van der Waals surface area contributed by atoms with Crippen LogP contribution in [0.1, 0.15) is 45.2 Å². The van der Waals surface area contributed by atoms with Crippen LogP contribution in [0, 0.1) is 6.92 Å². The van der Waals surface area contributed by atoms with Gasteiger partial charge in [-0.3, -0.25) is 9.59 Å². The summed E-state index contributed by atoms with van der Waals surface area (Å²) in [6.45, 7) is 4.07. The molecule has 0 atom stereocenters. The molecule has 29 heavy (non-hydrogen) atoms. The van der Waals surface area contributed by atoms with Crippen molar-refractivity contribution in [2.45, 2.75) is 26.7 Å². The number of benzene rings is 3. The highest BCUT2D eigenvalue weighted by molar-refractivity contribution is 6.10. The van der Waals surface area contributed by atoms with Crippen LogP contribution in [0.3, 0.4) is 0 Å². The van der Waals surface area contributed by atoms with Gasteiger partial charge >= 0.3 is 0 Å². The van der Waals surface area contributed by atoms with Gasteiger partial charge in [-0.2, -0.15) is 0 Å². The van der Waals surface area contributed by atoms with Crippen molar-refractivity contribution in [1.82, 2.24) is 0 Å². The molecule has 3 aromatic rings. The molecule has 146 valence electrons. The van der Waals surface area contributed by atoms with E-state index >= 15 is 0 Å². The van der Waals surface area contributed by atoms with Gasteiger partial charge < -0.3 is 15.4 Å². The van der Waals surface area contributed by atoms with Crippen LogP contribution in [-0.2, 0) is 6.42 Å². The van der Waals surface area contributed by atoms with Gasteiger partial charge in [-0.25, -0.2) is 0 Å². The Kier molecular flexibility index (Phi) is 5.04. The van der Waals surface area contributed by atoms with Gasteiger partial charge in [-0.1, -0.05) is 31.5 Å². The summed E-state index contributed by atoms with van der Waals surface area (Å²) in [4.78, 5) is 25.3. The van der Waals surface area contributed by atoms with E-state index in [2.05, 4.69) is 17.6 Å². The summed E-state index contributed by atoms with van der Waals surface area (Å²) in [5.74, 6) is 0.546. The largest absolute Gasteiger partial charge is 0.454 e. The molecule has 0 aliphatic carbocycles. The van der Waals surface area contributed by atoms with Gasteiger partial charge in [-0.15, -0.1) is 0 Å². The second kappa shape index (κ2) is 7.80. The highest BCUT2D eigenvalue weighted by Gasteiger charge is 2.21. The van der Waals surface area contributed by atoms with Crippen molar-refractivity contribution in [2.75, 3.05) is 10.6 Å². The van der Waals surface area contributed by atoms with Crippen LogP contribution < -0.4 is 15.4 Å². The van der Waals surface area contributed by atoms with E-state index in [0.29, 0.717) is 34.0 Å². The second-order valence-corrected chi connectivity index (χ2v) is 7.17. The van der Waals surface area contributed by atoms with Gasteiger partial charge in [0.2, 0.25) is 0 Å². The predicted octanol–water partition coefficient (Wildman–Crippen LogP) is 5.56. The number of hydrogen-bond donors (Lipinski definition) is 2. The lowest BCUT2D eigenvalue weighted by molar-refractivity contribution is 0.101. The maximum atomic E-state index is 12.7. The summed E-state index contributed by atoms with van der Waals surface area (Å²) < 4.78 is 5.91. The SMILES string of the molecule is CCCc1ccc(C(=O)Nc2ccc3c(c2)C(=O)Nc2cc(C)ccc2O3)cc1. The monoisotopic (exact) mass is 386 g/mol. The molecule has 2 N–H and O–H groups in total. The highest BCUT2D eigenvalue weighted by Crippen LogP contribution is 2.37. The van der Waals surface area contributed by atoms with Crippen molar-refractivity contribution in [3.8, 4) is 11.5 Å². The molecular formula is C24H22N2O3. The fraction of sp³-hybridized carbons (Fsp3) is 0.167. The molecule has 0 fully saturated rings. The Morgan fingerprint density at radius 1 is 1.00 bits per heavy atom. The minimum absolute atomic E-state index is 0.221. The summed E-state index contributed by atoms with van der Waals surface area (Å²) >= 11 is 0. The second-order valence-electron chi connectivity index (χ2n) is 7.17. The predicted molar refractivity (Wildman–Crippen MR) is 114 cm³/mol. The van der Waals surface area contributed by atoms with Gasteiger partial charge in [-0.05, 0) is 66.9 Å². The third-order valence-corrected chi connectivity index (χ3v) is 4.84. The fourth-order valence-electron chi connectivity index (χ4n) is 3.33. The Morgan fingerprint density at radius 3 is 2.52 bits per heavy atom. The van der Waals surface area contributed by atoms with Gasteiger partial charge in [0.15, 0.2) is 5.75 Å². The first-order valence-electron chi connectivity index (χ1n) is 9.67. The Bertz CT molecular complexity index is 1090. The molecule has 3 aromatic carbocycles. The molecule has 5 heteroatoms. The molecule has 4 rings (SSSR count). The lowest BCUT2D eigenvalue weighted by Crippen LogP contribution is -2.14. The van der Waals surface area contributed by atoms with Gasteiger partial charge in [0.25, 0.3) is 11.8 Å². The maximum absolute atomic E-state index is 12.7. The summed E-state index contributed by atoms with van der Waals surface area (Å²) in [5, 5.41) is 5.73. The van der Waals surface area contributed by atoms with Crippen molar-refractivity contribution >= 4 is 23.2 Å². The molecule has 0 saturated carbocycles. The number of hydrogen-bond acceptors (Lipinski definition) is 3. The Labute approximate surface area is 169 Å². The summed E-state index contributed by atoms with van der Waals surface area (Å²) in [6, 6.07) is 18.3. The molecule has 0 saturated heterocycles. The van der Waals surface area contributed by atoms with Crippen molar-refractivity contribution in [1.29, 1.82) is 0 Å². The van der Waals surface area contributed by atoms with Gasteiger partial charge in [0, 0.05) is 11.3 Å². The Morgan fingerprint density at radius 2 is 1.76 bits per heavy atom. The van der Waals surface area contributed by atoms with E-state index in [1.54, 1.807) is 18.2 Å². The number of rotatable bonds is 4. The average Bonchev–Trinajstić information content (AvgIpc) is 2.84. The number of nitrogens with one attached hydrogen (secondary N) is 2. The maximum Gasteiger partial charge on any atom is 0.259 e. The molecule has 0 bridgehead atoms. The molecular weight excluding hydrogens is 364 g/mol. The summed E-state index contributed by atoms with van der Waals surface area (Å²) in [7, 11) is 0. The molecule has 5 nitrogen and oxygen atoms in total. The minimum atomic E-state index is -0.274. The molecule has 0 unspecified atom stereocenters. The minimum Gasteiger partial charge on any atom is -0.454 e. The number of fused-ring (bicyclic) bond motifs is 2. The van der Waals surface area contributed by atoms with Crippen LogP contribution in [-0.4, -0.2) is 11.8 Å². The topological polar surface area (TPSA) is 67.4 Å². The van der Waals surface area contributed by atoms with Crippen LogP contribution in [0.5, 0.6) is 11.5 Å². The van der Waals surface area contributed by atoms with E-state index in [9.17, 15) is 9.59 Å². The highest BCUT2D eigenvalue weighted by atomic mass is 16.5. The molecule has 2 amide bonds. The Hall–Kier alpha value is -3.60. The van der Waals surface area contributed by atoms with Crippen LogP contribution in [0.4, 0.5) is 11.4 Å². The lowest BCUT2D eigenvalue weighted by atomic mass is 10.1. The normalized spacial score (nSPS) is 12.1. The average molecular weight is 386 g/mol. The number of amides is 2. The number of carbonyl (C=O) groups excluding carboxylic acids is 2. The van der Waals surface area contributed by atoms with Crippen LogP contribution in [0.15, 0.2) is 60.7 Å². The van der Waals surface area contributed by atoms with Crippen molar-refractivity contribution in [2.24, 2.45) is 0 Å². The first-order valence-corrected chi connectivity index (χ1v) is 9.67. The molecule has 1 aliphatic rings. The molecule has 0 aromatic heterocycles. The third-order valence-electron chi connectivity index (χ3n) is 4.84. The third kappa shape index (κ3) is 3.99. The first kappa shape index (κ1) is 18.7. The summed E-state index contributed by atoms with van der Waals surface area (Å²) in [6.07, 6.45) is 2.05. The standard InChI is InChI=1S/C24H22N2O3/c1-3-4-16-6-8-17(9-7-16)23(27)25-18-10-12-21-19(14-18)24(28)26-20-13-15(2)5-11-22(20)29-21/h5-14H,3-4H2,1-2H3,(H,25,27)(H,26,28). The molecule has 1 aliphatic heterocycles. The zero-order valence-corrected chi connectivity index (χ0v) is 16.4. The number of anilines is 2. The zero-order chi connectivity index (χ0) is 20.4. The first-order chi connectivity index (χ1) is 14.0. The number of ether oxygens (including phenoxy) is 1. The van der Waals surface area contributed by atoms with E-state index in [4.69, 9.17) is 4.74 Å². The number of carbonyl (C=O) groups is 2. The van der Waals surface area contributed by atoms with E-state index in [-0.39, 0.29) is 11.8 Å². The quantitative estimate of drug-likeness (QED) is 0.617. The fourth-order valence-corrected chi connectivity index (χ4v) is 3.33. The molecule has 0 radical (unpaired) electrons. The van der Waals surface area contributed by atoms with Gasteiger partial charge in [0.1, 0.15) is 5.75 Å². The zero-order valence-electron chi connectivity index (χ0n) is 16.4. The van der Waals surface area contributed by atoms with Crippen LogP contribution in [0.2, 0.25) is 0 Å². The number of aryl methyl sites for hydroxylation is 2. The molecule has 0 spiro atoms. The van der Waals surface area contributed by atoms with Gasteiger partial charge in [0.05, 0.1) is 11.3 Å². The molecule has 1 heterocycles. The van der Waals surface area contributed by atoms with E-state index in [1.807, 2.05) is 49.4 Å². The van der Waals surface area contributed by atoms with Crippen LogP contribution >= 0.6 is 0 Å². The van der Waals surface area contributed by atoms with Crippen LogP contribution in [0.25, 0.3) is 0 Å². The smallest absolute Gasteiger partial charge is 0.259 e. The Balaban J connectivity index is 1.55. The lowest BCUT2D eigenvalue weighted by Gasteiger charge is -2.10.